The SMILES string of the molecule is CCNC(=O)C(CC)N(Cc1cccc(OC)c1)C(=O)CN(c1ccc(C)cc1C)S(=O)(=O)c1ccccc1. The smallest absolute Gasteiger partial charge is 0.264 e. The Bertz CT molecular complexity index is 1390. The lowest BCUT2D eigenvalue weighted by molar-refractivity contribution is -0.140. The zero-order valence-electron chi connectivity index (χ0n) is 23.2. The molecule has 0 aliphatic carbocycles. The number of anilines is 1. The van der Waals surface area contributed by atoms with Crippen LogP contribution in [-0.4, -0.2) is 51.4 Å². The summed E-state index contributed by atoms with van der Waals surface area (Å²) in [6.07, 6.45) is 0.358. The third-order valence-electron chi connectivity index (χ3n) is 6.46. The van der Waals surface area contributed by atoms with Crippen molar-refractivity contribution < 1.29 is 22.7 Å². The van der Waals surface area contributed by atoms with Crippen LogP contribution in [0.15, 0.2) is 77.7 Å². The van der Waals surface area contributed by atoms with Crippen LogP contribution < -0.4 is 14.4 Å². The summed E-state index contributed by atoms with van der Waals surface area (Å²) in [6, 6.07) is 19.9. The molecular weight excluding hydrogens is 514 g/mol. The highest BCUT2D eigenvalue weighted by atomic mass is 32.2. The number of likely N-dealkylation sites (N-methyl/N-ethyl adjacent to an activating group) is 1. The molecule has 0 fully saturated rings. The summed E-state index contributed by atoms with van der Waals surface area (Å²) in [4.78, 5) is 28.6. The summed E-state index contributed by atoms with van der Waals surface area (Å²) < 4.78 is 34.3. The van der Waals surface area contributed by atoms with Crippen LogP contribution in [0.4, 0.5) is 5.69 Å². The van der Waals surface area contributed by atoms with E-state index in [9.17, 15) is 18.0 Å². The van der Waals surface area contributed by atoms with E-state index in [1.54, 1.807) is 43.5 Å². The highest BCUT2D eigenvalue weighted by Crippen LogP contribution is 2.28. The van der Waals surface area contributed by atoms with Gasteiger partial charge in [0.2, 0.25) is 11.8 Å². The second-order valence-electron chi connectivity index (χ2n) is 9.31. The molecule has 0 radical (unpaired) electrons. The van der Waals surface area contributed by atoms with Gasteiger partial charge in [-0.25, -0.2) is 8.42 Å². The van der Waals surface area contributed by atoms with Gasteiger partial charge >= 0.3 is 0 Å². The number of nitrogens with one attached hydrogen (secondary N) is 1. The molecule has 208 valence electrons. The van der Waals surface area contributed by atoms with Crippen LogP contribution in [0.1, 0.15) is 37.0 Å². The number of carbonyl (C=O) groups is 2. The number of benzene rings is 3. The Morgan fingerprint density at radius 1 is 0.949 bits per heavy atom. The Morgan fingerprint density at radius 2 is 1.67 bits per heavy atom. The molecule has 8 nitrogen and oxygen atoms in total. The van der Waals surface area contributed by atoms with Crippen molar-refractivity contribution in [2.75, 3.05) is 24.5 Å². The number of amides is 2. The van der Waals surface area contributed by atoms with Gasteiger partial charge in [0.05, 0.1) is 17.7 Å². The van der Waals surface area contributed by atoms with E-state index >= 15 is 0 Å². The van der Waals surface area contributed by atoms with Crippen molar-refractivity contribution in [3.05, 3.63) is 89.5 Å². The molecule has 9 heteroatoms. The van der Waals surface area contributed by atoms with Crippen molar-refractivity contribution in [3.63, 3.8) is 0 Å². The number of methoxy groups -OCH3 is 1. The van der Waals surface area contributed by atoms with Gasteiger partial charge < -0.3 is 15.0 Å². The van der Waals surface area contributed by atoms with Crippen molar-refractivity contribution in [2.45, 2.75) is 51.6 Å². The van der Waals surface area contributed by atoms with Crippen molar-refractivity contribution in [1.82, 2.24) is 10.2 Å². The molecule has 0 saturated carbocycles. The predicted molar refractivity (Wildman–Crippen MR) is 153 cm³/mol. The molecule has 0 bridgehead atoms. The van der Waals surface area contributed by atoms with Gasteiger partial charge in [-0.1, -0.05) is 55.0 Å². The normalized spacial score (nSPS) is 11.9. The molecule has 0 heterocycles. The lowest BCUT2D eigenvalue weighted by Gasteiger charge is -2.33. The molecule has 3 rings (SSSR count). The number of aryl methyl sites for hydroxylation is 2. The maximum absolute atomic E-state index is 14.1. The fourth-order valence-electron chi connectivity index (χ4n) is 4.50. The zero-order chi connectivity index (χ0) is 28.6. The van der Waals surface area contributed by atoms with Gasteiger partial charge in [0, 0.05) is 13.1 Å². The monoisotopic (exact) mass is 551 g/mol. The number of ether oxygens (including phenoxy) is 1. The van der Waals surface area contributed by atoms with E-state index in [4.69, 9.17) is 4.74 Å². The van der Waals surface area contributed by atoms with E-state index in [0.29, 0.717) is 24.4 Å². The Labute approximate surface area is 231 Å². The van der Waals surface area contributed by atoms with E-state index in [1.165, 1.54) is 17.0 Å². The van der Waals surface area contributed by atoms with Gasteiger partial charge in [0.1, 0.15) is 18.3 Å². The largest absolute Gasteiger partial charge is 0.497 e. The summed E-state index contributed by atoms with van der Waals surface area (Å²) in [7, 11) is -2.54. The summed E-state index contributed by atoms with van der Waals surface area (Å²) in [5.41, 5.74) is 2.86. The molecule has 0 aromatic heterocycles. The van der Waals surface area contributed by atoms with Crippen molar-refractivity contribution in [2.24, 2.45) is 0 Å². The number of rotatable bonds is 12. The van der Waals surface area contributed by atoms with Crippen LogP contribution in [0.25, 0.3) is 0 Å². The van der Waals surface area contributed by atoms with E-state index in [0.717, 1.165) is 21.0 Å². The lowest BCUT2D eigenvalue weighted by atomic mass is 10.1. The lowest BCUT2D eigenvalue weighted by Crippen LogP contribution is -2.52. The molecule has 1 unspecified atom stereocenters. The maximum atomic E-state index is 14.1. The first-order chi connectivity index (χ1) is 18.6. The molecule has 3 aromatic rings. The minimum atomic E-state index is -4.10. The number of hydrogen-bond donors (Lipinski definition) is 1. The quantitative estimate of drug-likeness (QED) is 0.359. The molecule has 0 spiro atoms. The third kappa shape index (κ3) is 7.17. The fourth-order valence-corrected chi connectivity index (χ4v) is 6.00. The van der Waals surface area contributed by atoms with Gasteiger partial charge in [-0.15, -0.1) is 0 Å². The zero-order valence-corrected chi connectivity index (χ0v) is 24.0. The van der Waals surface area contributed by atoms with Crippen molar-refractivity contribution in [1.29, 1.82) is 0 Å². The van der Waals surface area contributed by atoms with Crippen LogP contribution >= 0.6 is 0 Å². The Hall–Kier alpha value is -3.85. The molecule has 2 amide bonds. The summed E-state index contributed by atoms with van der Waals surface area (Å²) in [5, 5.41) is 2.81. The third-order valence-corrected chi connectivity index (χ3v) is 8.23. The first kappa shape index (κ1) is 29.7. The molecule has 1 atom stereocenters. The Balaban J connectivity index is 2.09. The van der Waals surface area contributed by atoms with Gasteiger partial charge in [0.15, 0.2) is 0 Å². The number of carbonyl (C=O) groups excluding carboxylic acids is 2. The van der Waals surface area contributed by atoms with Crippen LogP contribution in [0, 0.1) is 13.8 Å². The number of nitrogens with zero attached hydrogens (tertiary/aromatic N) is 2. The van der Waals surface area contributed by atoms with Crippen molar-refractivity contribution in [3.8, 4) is 5.75 Å². The molecule has 1 N–H and O–H groups in total. The minimum Gasteiger partial charge on any atom is -0.497 e. The van der Waals surface area contributed by atoms with E-state index in [2.05, 4.69) is 5.32 Å². The van der Waals surface area contributed by atoms with Crippen LogP contribution in [0.2, 0.25) is 0 Å². The van der Waals surface area contributed by atoms with E-state index < -0.39 is 28.5 Å². The Kier molecular flexibility index (Phi) is 10.1. The predicted octanol–water partition coefficient (Wildman–Crippen LogP) is 4.45. The second-order valence-corrected chi connectivity index (χ2v) is 11.2. The minimum absolute atomic E-state index is 0.0767. The summed E-state index contributed by atoms with van der Waals surface area (Å²) >= 11 is 0. The average molecular weight is 552 g/mol. The Morgan fingerprint density at radius 3 is 2.28 bits per heavy atom. The van der Waals surface area contributed by atoms with Crippen LogP contribution in [-0.2, 0) is 26.2 Å². The highest BCUT2D eigenvalue weighted by Gasteiger charge is 2.34. The standard InChI is InChI=1S/C30H37N3O5S/c1-6-27(30(35)31-7-2)32(20-24-12-11-13-25(19-24)38-5)29(34)21-33(28-17-16-22(3)18-23(28)4)39(36,37)26-14-9-8-10-15-26/h8-19,27H,6-7,20-21H2,1-5H3,(H,31,35). The molecule has 0 aliphatic rings. The van der Waals surface area contributed by atoms with Crippen molar-refractivity contribution >= 4 is 27.5 Å². The van der Waals surface area contributed by atoms with Gasteiger partial charge in [-0.2, -0.15) is 0 Å². The average Bonchev–Trinajstić information content (AvgIpc) is 2.92. The highest BCUT2D eigenvalue weighted by molar-refractivity contribution is 7.92. The van der Waals surface area contributed by atoms with E-state index in [-0.39, 0.29) is 17.3 Å². The molecule has 39 heavy (non-hydrogen) atoms. The van der Waals surface area contributed by atoms with Gasteiger partial charge in [0.25, 0.3) is 10.0 Å². The number of sulfonamides is 1. The fraction of sp³-hybridized carbons (Fsp3) is 0.333. The van der Waals surface area contributed by atoms with Crippen LogP contribution in [0.3, 0.4) is 0 Å². The van der Waals surface area contributed by atoms with Crippen LogP contribution in [0.5, 0.6) is 5.75 Å². The topological polar surface area (TPSA) is 96.0 Å². The first-order valence-corrected chi connectivity index (χ1v) is 14.4. The number of hydrogen-bond acceptors (Lipinski definition) is 5. The van der Waals surface area contributed by atoms with E-state index in [1.807, 2.05) is 52.0 Å². The summed E-state index contributed by atoms with van der Waals surface area (Å²) in [5.74, 6) is -0.162. The maximum Gasteiger partial charge on any atom is 0.264 e. The molecular formula is C30H37N3O5S. The summed E-state index contributed by atoms with van der Waals surface area (Å²) in [6.45, 7) is 7.43. The van der Waals surface area contributed by atoms with Gasteiger partial charge in [-0.05, 0) is 68.7 Å². The van der Waals surface area contributed by atoms with Gasteiger partial charge in [-0.3, -0.25) is 13.9 Å². The molecule has 0 saturated heterocycles. The first-order valence-electron chi connectivity index (χ1n) is 13.0. The molecule has 0 aliphatic heterocycles. The second kappa shape index (κ2) is 13.3. The molecule has 3 aromatic carbocycles.